The van der Waals surface area contributed by atoms with Gasteiger partial charge < -0.3 is 20.3 Å². The summed E-state index contributed by atoms with van der Waals surface area (Å²) in [5, 5.41) is 28.9. The molecule has 1 aliphatic rings. The maximum Gasteiger partial charge on any atom is 0.152 e. The van der Waals surface area contributed by atoms with Crippen LogP contribution >= 0.6 is 11.8 Å². The van der Waals surface area contributed by atoms with Crippen LogP contribution in [0.1, 0.15) is 330 Å². The van der Waals surface area contributed by atoms with Crippen molar-refractivity contribution in [3.8, 4) is 5.75 Å². The van der Waals surface area contributed by atoms with Crippen LogP contribution in [-0.2, 0) is 57.6 Å². The van der Waals surface area contributed by atoms with E-state index < -0.39 is 6.10 Å². The number of phenols is 1. The molecule has 1 aliphatic heterocycles. The van der Waals surface area contributed by atoms with E-state index in [4.69, 9.17) is 5.11 Å². The fourth-order valence-corrected chi connectivity index (χ4v) is 16.3. The van der Waals surface area contributed by atoms with E-state index in [1.807, 2.05) is 159 Å². The highest BCUT2D eigenvalue weighted by atomic mass is 32.2. The number of carbonyl (C=O) groups is 8. The lowest BCUT2D eigenvalue weighted by Crippen LogP contribution is -2.42. The van der Waals surface area contributed by atoms with Crippen molar-refractivity contribution in [2.24, 2.45) is 136 Å². The summed E-state index contributed by atoms with van der Waals surface area (Å²) in [6.07, 6.45) is 17.3. The van der Waals surface area contributed by atoms with E-state index in [1.165, 1.54) is 35.1 Å². The molecule has 0 bridgehead atoms. The minimum absolute atomic E-state index is 0.00477. The molecule has 1 aromatic heterocycles. The molecular weight excluding hydrogens is 1520 g/mol. The molecule has 0 radical (unpaired) electrons. The first-order valence-corrected chi connectivity index (χ1v) is 48.7. The van der Waals surface area contributed by atoms with Crippen molar-refractivity contribution in [3.63, 3.8) is 0 Å². The van der Waals surface area contributed by atoms with Gasteiger partial charge in [-0.15, -0.1) is 0 Å². The fourth-order valence-electron chi connectivity index (χ4n) is 15.9. The van der Waals surface area contributed by atoms with E-state index in [9.17, 15) is 48.6 Å². The number of aliphatic hydroxyl groups excluding tert-OH is 2. The first-order valence-electron chi connectivity index (χ1n) is 47.3. The number of aromatic amines is 1. The Bertz CT molecular complexity index is 3340. The van der Waals surface area contributed by atoms with Crippen molar-refractivity contribution in [2.45, 2.75) is 350 Å². The molecule has 14 heteroatoms. The average Bonchev–Trinajstić information content (AvgIpc) is 1.69. The maximum absolute atomic E-state index is 12.4. The number of fused-ring (bicyclic) bond motifs is 1. The van der Waals surface area contributed by atoms with Crippen molar-refractivity contribution < 1.29 is 53.7 Å². The number of carbonyl (C=O) groups excluding carboxylic acids is 8. The molecule has 0 aliphatic carbocycles. The van der Waals surface area contributed by atoms with E-state index in [-0.39, 0.29) is 113 Å². The summed E-state index contributed by atoms with van der Waals surface area (Å²) in [5.41, 5.74) is 4.81. The third-order valence-electron chi connectivity index (χ3n) is 22.2. The molecule has 1 saturated heterocycles. The van der Waals surface area contributed by atoms with Gasteiger partial charge in [-0.2, -0.15) is 11.8 Å². The summed E-state index contributed by atoms with van der Waals surface area (Å²) in [6, 6.07) is 26.5. The van der Waals surface area contributed by atoms with Crippen molar-refractivity contribution >= 4 is 68.9 Å². The Morgan fingerprint density at radius 3 is 1.12 bits per heavy atom. The molecule has 121 heavy (non-hydrogen) atoms. The molecule has 4 aromatic rings. The number of hydrogen-bond acceptors (Lipinski definition) is 13. The Labute approximate surface area is 747 Å². The number of aromatic nitrogens is 1. The second-order valence-corrected chi connectivity index (χ2v) is 42.0. The Kier molecular flexibility index (Phi) is 64.5. The topological polar surface area (TPSA) is 216 Å². The van der Waals surface area contributed by atoms with E-state index in [0.29, 0.717) is 94.0 Å². The van der Waals surface area contributed by atoms with Gasteiger partial charge >= 0.3 is 0 Å². The standard InChI is InChI=1S/C18H25NO.C16H24O2.C16H24O.C13H26OS.C12H24O.C11H21NO.C11H22O2.C10H20O2/c1-12(2)9-14(18(20)13(3)4)10-15-11-19-17-8-6-5-7-16(15)17;1-11(2)9-14(16(18)12(3)4)10-13-5-7-15(17)8-6-13;1-12(2)10-15(16(17)13(3)4)11-14-8-6-5-7-9-14;1-10(2)9-12(7-6-8-15-5)13(14)11(3)4;1-8(2)7-11(9(3)4)12(13)10(5)6;1-8(2)11(13)10-6-5-7-12(10)9(3)4;1-7(2)6-10(9(5)12)11(13)8(3)4;1-7(2)5-9(6-11)10(12)8(3)4/h5-8,11-14,19H,9-10H2,1-4H3;5-8,11-12,14,17H,9-10H2,1-4H3;5-9,12-13,15H,10-11H2,1-4H3;10-12H,6-9H2,1-5H3;8-11H,7H2,1-6H3;8-10H,5-7H2,1-4H3;7-10,12H,6H2,1-5H3;7-9,11H,5-6H2,1-4H3. The van der Waals surface area contributed by atoms with Crippen LogP contribution in [0, 0.1) is 136 Å². The number of H-pyrrole nitrogens is 1. The summed E-state index contributed by atoms with van der Waals surface area (Å²) in [6.45, 7) is 73.0. The lowest BCUT2D eigenvalue weighted by molar-refractivity contribution is -0.130. The molecule has 0 spiro atoms. The molecule has 0 amide bonds. The predicted octanol–water partition coefficient (Wildman–Crippen LogP) is 26.3. The first kappa shape index (κ1) is 120. The lowest BCUT2D eigenvalue weighted by atomic mass is 9.81. The fraction of sp³-hybridized carbons (Fsp3) is 0.738. The van der Waals surface area contributed by atoms with Gasteiger partial charge in [0.05, 0.1) is 18.8 Å². The van der Waals surface area contributed by atoms with Crippen LogP contribution in [0.5, 0.6) is 5.75 Å². The minimum Gasteiger partial charge on any atom is -0.508 e. The Hall–Kier alpha value is -5.41. The second-order valence-electron chi connectivity index (χ2n) is 41.0. The molecule has 5 rings (SSSR count). The van der Waals surface area contributed by atoms with Gasteiger partial charge in [0.25, 0.3) is 0 Å². The Morgan fingerprint density at radius 1 is 0.405 bits per heavy atom. The molecule has 9 unspecified atom stereocenters. The van der Waals surface area contributed by atoms with Gasteiger partial charge in [-0.1, -0.05) is 282 Å². The molecule has 4 N–H and O–H groups in total. The molecule has 696 valence electrons. The summed E-state index contributed by atoms with van der Waals surface area (Å²) in [7, 11) is 0. The summed E-state index contributed by atoms with van der Waals surface area (Å²) in [5.74, 6) is 10.2. The first-order chi connectivity index (χ1) is 56.1. The number of thioether (sulfide) groups is 1. The third-order valence-corrected chi connectivity index (χ3v) is 22.9. The average molecular weight is 1710 g/mol. The number of phenolic OH excluding ortho intramolecular Hbond substituents is 1. The molecular formula is C107H186N2O11S. The lowest BCUT2D eigenvalue weighted by Gasteiger charge is -2.28. The minimum atomic E-state index is -0.516. The maximum atomic E-state index is 12.4. The normalized spacial score (nSPS) is 15.0. The number of aromatic hydroxyl groups is 1. The predicted molar refractivity (Wildman–Crippen MR) is 519 cm³/mol. The van der Waals surface area contributed by atoms with Crippen LogP contribution < -0.4 is 0 Å². The Morgan fingerprint density at radius 2 is 0.752 bits per heavy atom. The highest BCUT2D eigenvalue weighted by molar-refractivity contribution is 7.98. The van der Waals surface area contributed by atoms with Crippen LogP contribution in [0.25, 0.3) is 10.9 Å². The van der Waals surface area contributed by atoms with Crippen molar-refractivity contribution in [3.05, 3.63) is 102 Å². The van der Waals surface area contributed by atoms with Gasteiger partial charge in [-0.3, -0.25) is 43.3 Å². The quantitative estimate of drug-likeness (QED) is 0.0304. The number of rotatable bonds is 44. The number of benzene rings is 3. The molecule has 3 aromatic carbocycles. The van der Waals surface area contributed by atoms with Gasteiger partial charge in [0.15, 0.2) is 5.78 Å². The zero-order valence-electron chi connectivity index (χ0n) is 84.1. The van der Waals surface area contributed by atoms with E-state index >= 15 is 0 Å². The monoisotopic (exact) mass is 1710 g/mol. The van der Waals surface area contributed by atoms with Crippen LogP contribution in [0.15, 0.2) is 85.1 Å². The van der Waals surface area contributed by atoms with E-state index in [1.54, 1.807) is 19.1 Å². The van der Waals surface area contributed by atoms with Crippen LogP contribution in [0.3, 0.4) is 0 Å². The van der Waals surface area contributed by atoms with E-state index in [0.717, 1.165) is 94.7 Å². The number of nitrogens with one attached hydrogen (secondary N) is 1. The zero-order chi connectivity index (χ0) is 94.0. The third kappa shape index (κ3) is 53.0. The van der Waals surface area contributed by atoms with Crippen LogP contribution in [0.2, 0.25) is 0 Å². The summed E-state index contributed by atoms with van der Waals surface area (Å²) in [4.78, 5) is 101. The van der Waals surface area contributed by atoms with Gasteiger partial charge in [0, 0.05) is 112 Å². The molecule has 13 nitrogen and oxygen atoms in total. The summed E-state index contributed by atoms with van der Waals surface area (Å²) < 4.78 is 0. The number of likely N-dealkylation sites (tertiary alicyclic amines) is 1. The van der Waals surface area contributed by atoms with Gasteiger partial charge in [-0.25, -0.2) is 0 Å². The number of hydrogen-bond donors (Lipinski definition) is 4. The number of nitrogens with zero attached hydrogens (tertiary/aromatic N) is 1. The van der Waals surface area contributed by atoms with Gasteiger partial charge in [-0.05, 0) is 211 Å². The highest BCUT2D eigenvalue weighted by Gasteiger charge is 2.34. The number of ketones is 8. The van der Waals surface area contributed by atoms with Crippen molar-refractivity contribution in [2.75, 3.05) is 25.2 Å². The molecule has 0 saturated carbocycles. The van der Waals surface area contributed by atoms with Crippen molar-refractivity contribution in [1.82, 2.24) is 9.88 Å². The molecule has 9 atom stereocenters. The summed E-state index contributed by atoms with van der Waals surface area (Å²) >= 11 is 1.87. The SMILES string of the molecule is CC(C)C(=O)C1CCCN1C(C)C.CC(C)CC(C(=O)C(C)C)C(C)C.CC(C)CC(C(=O)C(C)C)C(C)O.CC(C)CC(CO)C(=O)C(C)C.CC(C)CC(Cc1c[nH]c2ccccc12)C(=O)C(C)C.CC(C)CC(Cc1ccc(O)cc1)C(=O)C(C)C.CC(C)CC(Cc1ccccc1)C(=O)C(C)C.CSCCCC(CC(C)C)C(=O)C(C)C. The van der Waals surface area contributed by atoms with Crippen molar-refractivity contribution in [1.29, 1.82) is 0 Å². The zero-order valence-corrected chi connectivity index (χ0v) is 84.9. The highest BCUT2D eigenvalue weighted by Crippen LogP contribution is 2.31. The molecule has 2 heterocycles. The number of para-hydroxylation sites is 1. The number of aliphatic hydroxyl groups is 2. The van der Waals surface area contributed by atoms with Crippen LogP contribution in [0.4, 0.5) is 0 Å². The van der Waals surface area contributed by atoms with Crippen LogP contribution in [-0.4, -0.2) is 115 Å². The second kappa shape index (κ2) is 65.2. The van der Waals surface area contributed by atoms with E-state index in [2.05, 4.69) is 177 Å². The number of Topliss-reactive ketones (excluding diaryl/α,β-unsaturated/α-hetero) is 8. The van der Waals surface area contributed by atoms with Gasteiger partial charge in [0.1, 0.15) is 46.2 Å². The largest absolute Gasteiger partial charge is 0.508 e. The van der Waals surface area contributed by atoms with Gasteiger partial charge in [0.2, 0.25) is 0 Å². The molecule has 1 fully saturated rings. The smallest absolute Gasteiger partial charge is 0.152 e. The Balaban J connectivity index is -0.00000132.